The monoisotopic (exact) mass is 609 g/mol. The Balaban J connectivity index is 1.55. The fraction of sp³-hybridized carbons (Fsp3) is 0.375. The fourth-order valence-corrected chi connectivity index (χ4v) is 6.12. The summed E-state index contributed by atoms with van der Waals surface area (Å²) in [5.41, 5.74) is 1.49. The molecule has 0 spiro atoms. The molecule has 1 fully saturated rings. The molecule has 0 radical (unpaired) electrons. The van der Waals surface area contributed by atoms with Crippen LogP contribution in [0.25, 0.3) is 0 Å². The molecule has 1 heterocycles. The van der Waals surface area contributed by atoms with E-state index in [9.17, 15) is 18.0 Å². The molecule has 4 rings (SSSR count). The number of nitrogens with one attached hydrogen (secondary N) is 1. The number of ether oxygens (including phenoxy) is 3. The molecule has 10 nitrogen and oxygen atoms in total. The largest absolute Gasteiger partial charge is 0.497 e. The molecular formula is C32H39N3O7S. The normalized spacial score (nSPS) is 14.5. The second-order valence-electron chi connectivity index (χ2n) is 10.1. The van der Waals surface area contributed by atoms with Crippen molar-refractivity contribution in [3.63, 3.8) is 0 Å². The molecule has 1 saturated heterocycles. The number of hydrogen-bond donors (Lipinski definition) is 1. The second-order valence-corrected chi connectivity index (χ2v) is 12.0. The molecule has 1 aliphatic heterocycles. The van der Waals surface area contributed by atoms with Gasteiger partial charge in [0.25, 0.3) is 5.91 Å². The molecule has 230 valence electrons. The van der Waals surface area contributed by atoms with E-state index in [0.717, 1.165) is 18.4 Å². The summed E-state index contributed by atoms with van der Waals surface area (Å²) in [6.45, 7) is 3.66. The van der Waals surface area contributed by atoms with Crippen molar-refractivity contribution in [2.45, 2.75) is 37.2 Å². The number of methoxy groups -OCH3 is 1. The lowest BCUT2D eigenvalue weighted by Gasteiger charge is -2.31. The Morgan fingerprint density at radius 3 is 2.23 bits per heavy atom. The molecule has 0 saturated carbocycles. The highest BCUT2D eigenvalue weighted by atomic mass is 32.2. The Morgan fingerprint density at radius 1 is 0.953 bits per heavy atom. The van der Waals surface area contributed by atoms with Crippen LogP contribution in [-0.4, -0.2) is 76.0 Å². The summed E-state index contributed by atoms with van der Waals surface area (Å²) in [6, 6.07) is 21.6. The number of hydrogen-bond acceptors (Lipinski definition) is 7. The minimum atomic E-state index is -3.66. The minimum absolute atomic E-state index is 0.141. The molecule has 1 aliphatic rings. The van der Waals surface area contributed by atoms with Gasteiger partial charge in [0.2, 0.25) is 15.9 Å². The number of unbranched alkanes of at least 4 members (excludes halogenated alkanes) is 1. The molecule has 11 heteroatoms. The lowest BCUT2D eigenvalue weighted by atomic mass is 10.0. The maximum atomic E-state index is 13.8. The van der Waals surface area contributed by atoms with Gasteiger partial charge in [-0.15, -0.1) is 0 Å². The van der Waals surface area contributed by atoms with E-state index >= 15 is 0 Å². The zero-order chi connectivity index (χ0) is 30.7. The van der Waals surface area contributed by atoms with E-state index in [1.54, 1.807) is 19.2 Å². The summed E-state index contributed by atoms with van der Waals surface area (Å²) in [7, 11) is -2.07. The highest BCUT2D eigenvalue weighted by molar-refractivity contribution is 7.89. The van der Waals surface area contributed by atoms with Gasteiger partial charge in [-0.25, -0.2) is 8.42 Å². The molecule has 3 aromatic rings. The van der Waals surface area contributed by atoms with E-state index in [2.05, 4.69) is 5.32 Å². The lowest BCUT2D eigenvalue weighted by molar-refractivity contribution is -0.143. The highest BCUT2D eigenvalue weighted by Crippen LogP contribution is 2.26. The number of nitrogens with zero attached hydrogens (tertiary/aromatic N) is 2. The third kappa shape index (κ3) is 8.56. The summed E-state index contributed by atoms with van der Waals surface area (Å²) >= 11 is 0. The standard InChI is InChI=1S/C32H39N3O7S/c1-3-4-18-33-32(37)31(26-8-6-5-7-9-26)35(23-25-10-12-27(40-2)13-11-25)30(36)24-42-28-14-16-29(17-15-28)43(38,39)34-19-21-41-22-20-34/h5-17,31H,3-4,18-24H2,1-2H3,(H,33,37)/t31-/m1/s1. The summed E-state index contributed by atoms with van der Waals surface area (Å²) in [5.74, 6) is 0.336. The first-order valence-corrected chi connectivity index (χ1v) is 15.8. The van der Waals surface area contributed by atoms with Crippen LogP contribution in [0.3, 0.4) is 0 Å². The van der Waals surface area contributed by atoms with Crippen LogP contribution in [0.1, 0.15) is 36.9 Å². The van der Waals surface area contributed by atoms with Crippen LogP contribution in [-0.2, 0) is 30.9 Å². The predicted octanol–water partition coefficient (Wildman–Crippen LogP) is 3.78. The Morgan fingerprint density at radius 2 is 1.60 bits per heavy atom. The number of amides is 2. The number of carbonyl (C=O) groups excluding carboxylic acids is 2. The Labute approximate surface area is 253 Å². The Hall–Kier alpha value is -3.93. The van der Waals surface area contributed by atoms with Gasteiger partial charge in [-0.05, 0) is 53.9 Å². The van der Waals surface area contributed by atoms with Crippen LogP contribution in [0, 0.1) is 0 Å². The molecule has 43 heavy (non-hydrogen) atoms. The number of rotatable bonds is 14. The van der Waals surface area contributed by atoms with Crippen molar-refractivity contribution in [1.82, 2.24) is 14.5 Å². The van der Waals surface area contributed by atoms with Crippen LogP contribution in [0.2, 0.25) is 0 Å². The van der Waals surface area contributed by atoms with Crippen molar-refractivity contribution in [1.29, 1.82) is 0 Å². The molecule has 0 unspecified atom stereocenters. The quantitative estimate of drug-likeness (QED) is 0.277. The van der Waals surface area contributed by atoms with Crippen molar-refractivity contribution in [2.75, 3.05) is 46.6 Å². The van der Waals surface area contributed by atoms with Crippen molar-refractivity contribution >= 4 is 21.8 Å². The zero-order valence-electron chi connectivity index (χ0n) is 24.6. The minimum Gasteiger partial charge on any atom is -0.497 e. The number of morpholine rings is 1. The molecule has 2 amide bonds. The highest BCUT2D eigenvalue weighted by Gasteiger charge is 2.32. The molecule has 3 aromatic carbocycles. The van der Waals surface area contributed by atoms with Gasteiger partial charge >= 0.3 is 0 Å². The third-order valence-corrected chi connectivity index (χ3v) is 9.04. The van der Waals surface area contributed by atoms with Gasteiger partial charge in [0.15, 0.2) is 6.61 Å². The van der Waals surface area contributed by atoms with Crippen molar-refractivity contribution in [3.8, 4) is 11.5 Å². The molecule has 1 N–H and O–H groups in total. The Bertz CT molecular complexity index is 1430. The van der Waals surface area contributed by atoms with Gasteiger partial charge < -0.3 is 24.4 Å². The van der Waals surface area contributed by atoms with E-state index in [1.807, 2.05) is 49.4 Å². The number of carbonyl (C=O) groups is 2. The summed E-state index contributed by atoms with van der Waals surface area (Å²) in [4.78, 5) is 29.0. The van der Waals surface area contributed by atoms with E-state index in [0.29, 0.717) is 49.9 Å². The van der Waals surface area contributed by atoms with Crippen LogP contribution < -0.4 is 14.8 Å². The zero-order valence-corrected chi connectivity index (χ0v) is 25.4. The molecule has 0 bridgehead atoms. The molecular weight excluding hydrogens is 570 g/mol. The van der Waals surface area contributed by atoms with Gasteiger partial charge in [0, 0.05) is 26.2 Å². The van der Waals surface area contributed by atoms with Crippen molar-refractivity contribution < 1.29 is 32.2 Å². The van der Waals surface area contributed by atoms with Gasteiger partial charge in [-0.2, -0.15) is 4.31 Å². The number of benzene rings is 3. The maximum Gasteiger partial charge on any atom is 0.261 e. The fourth-order valence-electron chi connectivity index (χ4n) is 4.72. The van der Waals surface area contributed by atoms with E-state index in [1.165, 1.54) is 33.5 Å². The van der Waals surface area contributed by atoms with Gasteiger partial charge in [0.05, 0.1) is 25.2 Å². The van der Waals surface area contributed by atoms with Gasteiger partial charge in [0.1, 0.15) is 17.5 Å². The summed E-state index contributed by atoms with van der Waals surface area (Å²) < 4.78 is 43.7. The summed E-state index contributed by atoms with van der Waals surface area (Å²) in [6.07, 6.45) is 1.74. The first-order chi connectivity index (χ1) is 20.8. The first kappa shape index (κ1) is 32.0. The van der Waals surface area contributed by atoms with Crippen LogP contribution in [0.5, 0.6) is 11.5 Å². The maximum absolute atomic E-state index is 13.8. The van der Waals surface area contributed by atoms with Crippen molar-refractivity contribution in [2.24, 2.45) is 0 Å². The second kappa shape index (κ2) is 15.5. The molecule has 1 atom stereocenters. The number of sulfonamides is 1. The Kier molecular flexibility index (Phi) is 11.5. The van der Waals surface area contributed by atoms with Crippen LogP contribution in [0.15, 0.2) is 83.8 Å². The third-order valence-electron chi connectivity index (χ3n) is 7.13. The van der Waals surface area contributed by atoms with Gasteiger partial charge in [-0.3, -0.25) is 9.59 Å². The van der Waals surface area contributed by atoms with E-state index in [4.69, 9.17) is 14.2 Å². The SMILES string of the molecule is CCCCNC(=O)[C@@H](c1ccccc1)N(Cc1ccc(OC)cc1)C(=O)COc1ccc(S(=O)(=O)N2CCOCC2)cc1. The lowest BCUT2D eigenvalue weighted by Crippen LogP contribution is -2.45. The smallest absolute Gasteiger partial charge is 0.261 e. The summed E-state index contributed by atoms with van der Waals surface area (Å²) in [5, 5.41) is 2.98. The average Bonchev–Trinajstić information content (AvgIpc) is 3.05. The van der Waals surface area contributed by atoms with Crippen LogP contribution in [0.4, 0.5) is 0 Å². The van der Waals surface area contributed by atoms with Gasteiger partial charge in [-0.1, -0.05) is 55.8 Å². The van der Waals surface area contributed by atoms with E-state index < -0.39 is 22.0 Å². The average molecular weight is 610 g/mol. The molecule has 0 aromatic heterocycles. The van der Waals surface area contributed by atoms with Crippen LogP contribution >= 0.6 is 0 Å². The predicted molar refractivity (Wildman–Crippen MR) is 162 cm³/mol. The molecule has 0 aliphatic carbocycles. The van der Waals surface area contributed by atoms with Crippen molar-refractivity contribution in [3.05, 3.63) is 90.0 Å². The topological polar surface area (TPSA) is 114 Å². The van der Waals surface area contributed by atoms with E-state index in [-0.39, 0.29) is 24.0 Å². The first-order valence-electron chi connectivity index (χ1n) is 14.4.